The molecule has 3 heterocycles. The SMILES string of the molecule is CN(CCC(=O)NC=O)c1cc(C(=O)N2CCC3(CC2)CCN(C2CCNCC2(F)F)CC3)ccc1Cl. The molecule has 3 fully saturated rings. The summed E-state index contributed by atoms with van der Waals surface area (Å²) in [4.78, 5) is 41.0. The van der Waals surface area contributed by atoms with Gasteiger partial charge in [-0.3, -0.25) is 24.6 Å². The van der Waals surface area contributed by atoms with Crippen LogP contribution in [-0.4, -0.2) is 92.8 Å². The van der Waals surface area contributed by atoms with Crippen molar-refractivity contribution >= 4 is 35.5 Å². The van der Waals surface area contributed by atoms with E-state index in [1.165, 1.54) is 0 Å². The van der Waals surface area contributed by atoms with E-state index in [1.807, 2.05) is 9.80 Å². The van der Waals surface area contributed by atoms with E-state index in [1.54, 1.807) is 30.1 Å². The van der Waals surface area contributed by atoms with Crippen LogP contribution in [-0.2, 0) is 9.59 Å². The Kier molecular flexibility index (Phi) is 8.70. The molecule has 1 aromatic rings. The summed E-state index contributed by atoms with van der Waals surface area (Å²) in [5, 5.41) is 5.39. The van der Waals surface area contributed by atoms with Crippen LogP contribution >= 0.6 is 11.6 Å². The topological polar surface area (TPSA) is 85.0 Å². The van der Waals surface area contributed by atoms with Gasteiger partial charge in [0.25, 0.3) is 11.8 Å². The van der Waals surface area contributed by atoms with Gasteiger partial charge < -0.3 is 15.1 Å². The molecule has 8 nitrogen and oxygen atoms in total. The van der Waals surface area contributed by atoms with E-state index in [-0.39, 0.29) is 30.2 Å². The zero-order valence-electron chi connectivity index (χ0n) is 21.3. The predicted molar refractivity (Wildman–Crippen MR) is 138 cm³/mol. The van der Waals surface area contributed by atoms with Gasteiger partial charge in [-0.1, -0.05) is 11.6 Å². The quantitative estimate of drug-likeness (QED) is 0.518. The van der Waals surface area contributed by atoms with Crippen LogP contribution in [0.4, 0.5) is 14.5 Å². The van der Waals surface area contributed by atoms with Crippen molar-refractivity contribution in [1.29, 1.82) is 0 Å². The van der Waals surface area contributed by atoms with Crippen LogP contribution in [0.2, 0.25) is 5.02 Å². The average Bonchev–Trinajstić information content (AvgIpc) is 2.88. The third kappa shape index (κ3) is 6.41. The van der Waals surface area contributed by atoms with E-state index in [0.717, 1.165) is 25.7 Å². The third-order valence-corrected chi connectivity index (χ3v) is 8.67. The second-order valence-electron chi connectivity index (χ2n) is 10.6. The summed E-state index contributed by atoms with van der Waals surface area (Å²) in [6, 6.07) is 4.46. The first-order valence-electron chi connectivity index (χ1n) is 13.0. The van der Waals surface area contributed by atoms with Crippen molar-refractivity contribution in [1.82, 2.24) is 20.4 Å². The number of hydrogen-bond donors (Lipinski definition) is 2. The van der Waals surface area contributed by atoms with Crippen LogP contribution in [0.3, 0.4) is 0 Å². The highest BCUT2D eigenvalue weighted by Gasteiger charge is 2.47. The average molecular weight is 540 g/mol. The normalized spacial score (nSPS) is 23.5. The summed E-state index contributed by atoms with van der Waals surface area (Å²) in [5.74, 6) is -3.14. The fraction of sp³-hybridized carbons (Fsp3) is 0.654. The summed E-state index contributed by atoms with van der Waals surface area (Å²) in [6.45, 7) is 3.39. The fourth-order valence-electron chi connectivity index (χ4n) is 5.92. The molecule has 0 bridgehead atoms. The van der Waals surface area contributed by atoms with Crippen molar-refractivity contribution in [2.45, 2.75) is 50.5 Å². The van der Waals surface area contributed by atoms with Crippen LogP contribution < -0.4 is 15.5 Å². The lowest BCUT2D eigenvalue weighted by Crippen LogP contribution is -2.60. The number of anilines is 1. The molecule has 0 radical (unpaired) electrons. The van der Waals surface area contributed by atoms with Crippen LogP contribution in [0.1, 0.15) is 48.9 Å². The highest BCUT2D eigenvalue weighted by Crippen LogP contribution is 2.43. The van der Waals surface area contributed by atoms with Crippen molar-refractivity contribution < 1.29 is 23.2 Å². The summed E-state index contributed by atoms with van der Waals surface area (Å²) >= 11 is 6.36. The molecule has 0 aromatic heterocycles. The number of alkyl halides is 2. The van der Waals surface area contributed by atoms with E-state index in [4.69, 9.17) is 11.6 Å². The standard InChI is InChI=1S/C26H36ClF2N5O3/c1-32(11-5-23(36)31-18-35)21-16-19(2-3-20(21)27)24(37)34-14-8-25(9-15-34)6-12-33(13-7-25)22-4-10-30-17-26(22,28)29/h2-3,16,18,22,30H,4-15,17H2,1H3,(H,31,35,36). The second-order valence-corrected chi connectivity index (χ2v) is 11.0. The number of imide groups is 1. The summed E-state index contributed by atoms with van der Waals surface area (Å²) in [5.41, 5.74) is 1.28. The van der Waals surface area contributed by atoms with Crippen molar-refractivity contribution in [2.24, 2.45) is 5.41 Å². The molecule has 3 amide bonds. The summed E-state index contributed by atoms with van der Waals surface area (Å²) in [6.07, 6.45) is 4.48. The summed E-state index contributed by atoms with van der Waals surface area (Å²) in [7, 11) is 1.78. The van der Waals surface area contributed by atoms with Crippen molar-refractivity contribution in [3.8, 4) is 0 Å². The lowest BCUT2D eigenvalue weighted by atomic mass is 9.70. The zero-order chi connectivity index (χ0) is 26.6. The van der Waals surface area contributed by atoms with Gasteiger partial charge in [0.05, 0.1) is 23.3 Å². The molecule has 1 unspecified atom stereocenters. The molecule has 4 rings (SSSR count). The number of carbonyl (C=O) groups is 3. The largest absolute Gasteiger partial charge is 0.373 e. The van der Waals surface area contributed by atoms with Gasteiger partial charge in [0, 0.05) is 38.7 Å². The number of benzene rings is 1. The molecule has 1 spiro atoms. The third-order valence-electron chi connectivity index (χ3n) is 8.35. The summed E-state index contributed by atoms with van der Waals surface area (Å²) < 4.78 is 28.8. The first-order chi connectivity index (χ1) is 17.6. The van der Waals surface area contributed by atoms with E-state index in [2.05, 4.69) is 10.6 Å². The Hall–Kier alpha value is -2.30. The highest BCUT2D eigenvalue weighted by molar-refractivity contribution is 6.33. The van der Waals surface area contributed by atoms with Gasteiger partial charge in [-0.05, 0) is 75.4 Å². The molecule has 37 heavy (non-hydrogen) atoms. The van der Waals surface area contributed by atoms with Gasteiger partial charge in [-0.25, -0.2) is 8.78 Å². The van der Waals surface area contributed by atoms with E-state index < -0.39 is 12.0 Å². The van der Waals surface area contributed by atoms with Gasteiger partial charge in [0.15, 0.2) is 0 Å². The monoisotopic (exact) mass is 539 g/mol. The van der Waals surface area contributed by atoms with E-state index >= 15 is 0 Å². The number of piperidine rings is 3. The van der Waals surface area contributed by atoms with Crippen molar-refractivity contribution in [3.63, 3.8) is 0 Å². The number of nitrogens with zero attached hydrogens (tertiary/aromatic N) is 3. The van der Waals surface area contributed by atoms with Crippen LogP contribution in [0, 0.1) is 5.41 Å². The van der Waals surface area contributed by atoms with Gasteiger partial charge in [0.2, 0.25) is 12.3 Å². The zero-order valence-corrected chi connectivity index (χ0v) is 22.0. The molecular formula is C26H36ClF2N5O3. The Morgan fingerprint density at radius 3 is 2.51 bits per heavy atom. The molecule has 3 saturated heterocycles. The maximum absolute atomic E-state index is 14.4. The molecular weight excluding hydrogens is 504 g/mol. The molecule has 11 heteroatoms. The Morgan fingerprint density at radius 1 is 1.19 bits per heavy atom. The van der Waals surface area contributed by atoms with Crippen LogP contribution in [0.15, 0.2) is 18.2 Å². The number of rotatable bonds is 7. The maximum Gasteiger partial charge on any atom is 0.275 e. The van der Waals surface area contributed by atoms with Gasteiger partial charge in [0.1, 0.15) is 0 Å². The van der Waals surface area contributed by atoms with Crippen LogP contribution in [0.5, 0.6) is 0 Å². The molecule has 3 aliphatic heterocycles. The molecule has 1 aromatic carbocycles. The molecule has 2 N–H and O–H groups in total. The van der Waals surface area contributed by atoms with E-state index in [0.29, 0.717) is 68.4 Å². The minimum absolute atomic E-state index is 0.0633. The fourth-order valence-corrected chi connectivity index (χ4v) is 6.18. The number of nitrogens with one attached hydrogen (secondary N) is 2. The molecule has 1 atom stereocenters. The van der Waals surface area contributed by atoms with Crippen molar-refractivity contribution in [2.75, 3.05) is 57.8 Å². The number of carbonyl (C=O) groups excluding carboxylic acids is 3. The second kappa shape index (κ2) is 11.6. The first-order valence-corrected chi connectivity index (χ1v) is 13.4. The number of halogens is 3. The Bertz CT molecular complexity index is 992. The lowest BCUT2D eigenvalue weighted by molar-refractivity contribution is -0.125. The smallest absolute Gasteiger partial charge is 0.275 e. The van der Waals surface area contributed by atoms with Crippen LogP contribution in [0.25, 0.3) is 0 Å². The highest BCUT2D eigenvalue weighted by atomic mass is 35.5. The Labute approximate surface area is 221 Å². The Morgan fingerprint density at radius 2 is 1.86 bits per heavy atom. The number of amides is 3. The molecule has 3 aliphatic rings. The maximum atomic E-state index is 14.4. The molecule has 0 aliphatic carbocycles. The van der Waals surface area contributed by atoms with Gasteiger partial charge in [-0.15, -0.1) is 0 Å². The predicted octanol–water partition coefficient (Wildman–Crippen LogP) is 2.75. The Balaban J connectivity index is 1.32. The van der Waals surface area contributed by atoms with E-state index in [9.17, 15) is 23.2 Å². The van der Waals surface area contributed by atoms with Gasteiger partial charge >= 0.3 is 0 Å². The minimum Gasteiger partial charge on any atom is -0.373 e. The lowest BCUT2D eigenvalue weighted by Gasteiger charge is -2.50. The molecule has 0 saturated carbocycles. The molecule has 204 valence electrons. The number of likely N-dealkylation sites (tertiary alicyclic amines) is 2. The van der Waals surface area contributed by atoms with Gasteiger partial charge in [-0.2, -0.15) is 0 Å². The van der Waals surface area contributed by atoms with Crippen molar-refractivity contribution in [3.05, 3.63) is 28.8 Å². The number of hydrogen-bond acceptors (Lipinski definition) is 6. The minimum atomic E-state index is -2.69. The first kappa shape index (κ1) is 27.7.